The minimum Gasteiger partial charge on any atom is -0.320 e. The number of aromatic nitrogens is 2. The van der Waals surface area contributed by atoms with Crippen LogP contribution in [0.5, 0.6) is 0 Å². The highest BCUT2D eigenvalue weighted by molar-refractivity contribution is 6.15. The zero-order valence-electron chi connectivity index (χ0n) is 13.0. The van der Waals surface area contributed by atoms with Gasteiger partial charge in [-0.1, -0.05) is 36.4 Å². The van der Waals surface area contributed by atoms with Crippen LogP contribution in [0.25, 0.3) is 21.8 Å². The zero-order valence-corrected chi connectivity index (χ0v) is 13.0. The van der Waals surface area contributed by atoms with Gasteiger partial charge in [0, 0.05) is 24.0 Å². The molecule has 0 spiro atoms. The van der Waals surface area contributed by atoms with Crippen molar-refractivity contribution in [3.63, 3.8) is 0 Å². The summed E-state index contributed by atoms with van der Waals surface area (Å²) in [7, 11) is 1.61. The summed E-state index contributed by atoms with van der Waals surface area (Å²) in [5.41, 5.74) is 1.96. The number of aryl methyl sites for hydroxylation is 1. The standard InChI is InChI=1S/C19H14FN3O/c1-23-15-10-3-2-8-13(15)16(18(23)20)19(24)22-14-9-4-6-12-7-5-11-21-17(12)14/h2-11H,1H3,(H,22,24). The second-order valence-electron chi connectivity index (χ2n) is 5.58. The molecule has 0 saturated carbocycles. The van der Waals surface area contributed by atoms with Gasteiger partial charge in [-0.25, -0.2) is 0 Å². The van der Waals surface area contributed by atoms with Gasteiger partial charge in [-0.3, -0.25) is 9.78 Å². The Kier molecular flexibility index (Phi) is 3.27. The smallest absolute Gasteiger partial charge is 0.260 e. The molecule has 0 radical (unpaired) electrons. The van der Waals surface area contributed by atoms with E-state index >= 15 is 0 Å². The molecule has 118 valence electrons. The molecule has 1 amide bonds. The molecule has 0 aliphatic rings. The molecule has 0 saturated heterocycles. The number of anilines is 1. The Morgan fingerprint density at radius 1 is 1.08 bits per heavy atom. The number of halogens is 1. The van der Waals surface area contributed by atoms with E-state index < -0.39 is 11.9 Å². The van der Waals surface area contributed by atoms with E-state index in [9.17, 15) is 9.18 Å². The van der Waals surface area contributed by atoms with Gasteiger partial charge in [-0.2, -0.15) is 4.39 Å². The van der Waals surface area contributed by atoms with Gasteiger partial charge in [-0.15, -0.1) is 0 Å². The number of nitrogens with one attached hydrogen (secondary N) is 1. The summed E-state index contributed by atoms with van der Waals surface area (Å²) in [6.07, 6.45) is 1.66. The number of hydrogen-bond acceptors (Lipinski definition) is 2. The number of fused-ring (bicyclic) bond motifs is 2. The van der Waals surface area contributed by atoms with E-state index in [0.29, 0.717) is 22.1 Å². The summed E-state index contributed by atoms with van der Waals surface area (Å²) in [5, 5.41) is 4.29. The minimum atomic E-state index is -0.554. The van der Waals surface area contributed by atoms with Gasteiger partial charge in [0.15, 0.2) is 0 Å². The molecule has 4 rings (SSSR count). The van der Waals surface area contributed by atoms with E-state index in [1.165, 1.54) is 4.57 Å². The summed E-state index contributed by atoms with van der Waals surface area (Å²) < 4.78 is 16.0. The lowest BCUT2D eigenvalue weighted by Crippen LogP contribution is -2.14. The summed E-state index contributed by atoms with van der Waals surface area (Å²) >= 11 is 0. The van der Waals surface area contributed by atoms with Crippen molar-refractivity contribution in [3.8, 4) is 0 Å². The molecule has 5 heteroatoms. The van der Waals surface area contributed by atoms with Crippen LogP contribution in [0.3, 0.4) is 0 Å². The van der Waals surface area contributed by atoms with Crippen molar-refractivity contribution >= 4 is 33.4 Å². The quantitative estimate of drug-likeness (QED) is 0.604. The van der Waals surface area contributed by atoms with Crippen LogP contribution in [-0.4, -0.2) is 15.5 Å². The van der Waals surface area contributed by atoms with Crippen LogP contribution < -0.4 is 5.32 Å². The Hall–Kier alpha value is -3.21. The van der Waals surface area contributed by atoms with E-state index in [2.05, 4.69) is 10.3 Å². The predicted octanol–water partition coefficient (Wildman–Crippen LogP) is 4.12. The molecule has 0 aliphatic heterocycles. The van der Waals surface area contributed by atoms with Gasteiger partial charge < -0.3 is 9.88 Å². The van der Waals surface area contributed by atoms with Crippen LogP contribution in [0.1, 0.15) is 10.4 Å². The molecule has 0 aliphatic carbocycles. The van der Waals surface area contributed by atoms with Crippen LogP contribution >= 0.6 is 0 Å². The average molecular weight is 319 g/mol. The molecule has 0 atom stereocenters. The minimum absolute atomic E-state index is 0.0426. The summed E-state index contributed by atoms with van der Waals surface area (Å²) in [6, 6.07) is 16.4. The number of carbonyl (C=O) groups is 1. The fraction of sp³-hybridized carbons (Fsp3) is 0.0526. The predicted molar refractivity (Wildman–Crippen MR) is 92.6 cm³/mol. The third-order valence-corrected chi connectivity index (χ3v) is 4.14. The lowest BCUT2D eigenvalue weighted by Gasteiger charge is -2.07. The van der Waals surface area contributed by atoms with Gasteiger partial charge in [0.25, 0.3) is 5.91 Å². The second kappa shape index (κ2) is 5.45. The highest BCUT2D eigenvalue weighted by Crippen LogP contribution is 2.26. The molecule has 4 aromatic rings. The van der Waals surface area contributed by atoms with Crippen LogP contribution in [0.2, 0.25) is 0 Å². The third-order valence-electron chi connectivity index (χ3n) is 4.14. The van der Waals surface area contributed by atoms with Crippen LogP contribution in [-0.2, 0) is 7.05 Å². The highest BCUT2D eigenvalue weighted by Gasteiger charge is 2.21. The Bertz CT molecular complexity index is 1080. The number of carbonyl (C=O) groups excluding carboxylic acids is 1. The number of hydrogen-bond donors (Lipinski definition) is 1. The Morgan fingerprint density at radius 2 is 1.88 bits per heavy atom. The van der Waals surface area contributed by atoms with Crippen molar-refractivity contribution in [3.05, 3.63) is 72.3 Å². The van der Waals surface area contributed by atoms with Crippen molar-refractivity contribution in [2.75, 3.05) is 5.32 Å². The maximum atomic E-state index is 14.6. The molecule has 0 fully saturated rings. The SMILES string of the molecule is Cn1c(F)c(C(=O)Nc2cccc3cccnc23)c2ccccc21. The van der Waals surface area contributed by atoms with E-state index in [1.54, 1.807) is 37.5 Å². The lowest BCUT2D eigenvalue weighted by molar-refractivity contribution is 0.102. The van der Waals surface area contributed by atoms with E-state index in [0.717, 1.165) is 5.39 Å². The molecule has 2 aromatic carbocycles. The first-order valence-electron chi connectivity index (χ1n) is 7.55. The molecular weight excluding hydrogens is 305 g/mol. The maximum Gasteiger partial charge on any atom is 0.260 e. The van der Waals surface area contributed by atoms with Crippen molar-refractivity contribution < 1.29 is 9.18 Å². The maximum absolute atomic E-state index is 14.6. The number of amides is 1. The molecule has 4 nitrogen and oxygen atoms in total. The average Bonchev–Trinajstić information content (AvgIpc) is 2.87. The summed E-state index contributed by atoms with van der Waals surface area (Å²) in [4.78, 5) is 17.0. The largest absolute Gasteiger partial charge is 0.320 e. The fourth-order valence-corrected chi connectivity index (χ4v) is 2.97. The molecule has 0 bridgehead atoms. The van der Waals surface area contributed by atoms with Gasteiger partial charge in [0.1, 0.15) is 5.56 Å². The first kappa shape index (κ1) is 14.4. The first-order valence-corrected chi connectivity index (χ1v) is 7.55. The highest BCUT2D eigenvalue weighted by atomic mass is 19.1. The normalized spacial score (nSPS) is 11.1. The van der Waals surface area contributed by atoms with Crippen molar-refractivity contribution in [2.24, 2.45) is 7.05 Å². The lowest BCUT2D eigenvalue weighted by atomic mass is 10.1. The second-order valence-corrected chi connectivity index (χ2v) is 5.58. The summed E-state index contributed by atoms with van der Waals surface area (Å²) in [6.45, 7) is 0. The van der Waals surface area contributed by atoms with Crippen LogP contribution in [0.4, 0.5) is 10.1 Å². The molecule has 24 heavy (non-hydrogen) atoms. The van der Waals surface area contributed by atoms with Crippen molar-refractivity contribution in [1.29, 1.82) is 0 Å². The molecule has 2 aromatic heterocycles. The number of benzene rings is 2. The van der Waals surface area contributed by atoms with E-state index in [-0.39, 0.29) is 5.56 Å². The zero-order chi connectivity index (χ0) is 16.7. The van der Waals surface area contributed by atoms with Gasteiger partial charge in [-0.05, 0) is 18.2 Å². The molecule has 0 unspecified atom stereocenters. The van der Waals surface area contributed by atoms with Gasteiger partial charge in [0.2, 0.25) is 5.95 Å². The first-order chi connectivity index (χ1) is 11.7. The number of rotatable bonds is 2. The van der Waals surface area contributed by atoms with E-state index in [4.69, 9.17) is 0 Å². The van der Waals surface area contributed by atoms with Crippen LogP contribution in [0.15, 0.2) is 60.8 Å². The number of para-hydroxylation sites is 2. The fourth-order valence-electron chi connectivity index (χ4n) is 2.97. The number of nitrogens with zero attached hydrogens (tertiary/aromatic N) is 2. The number of pyridine rings is 1. The Labute approximate surface area is 137 Å². The summed E-state index contributed by atoms with van der Waals surface area (Å²) in [5.74, 6) is -1.04. The van der Waals surface area contributed by atoms with Crippen LogP contribution in [0, 0.1) is 5.95 Å². The Morgan fingerprint density at radius 3 is 2.75 bits per heavy atom. The third kappa shape index (κ3) is 2.13. The van der Waals surface area contributed by atoms with Gasteiger partial charge >= 0.3 is 0 Å². The monoisotopic (exact) mass is 319 g/mol. The topological polar surface area (TPSA) is 46.9 Å². The van der Waals surface area contributed by atoms with Crippen molar-refractivity contribution in [1.82, 2.24) is 9.55 Å². The Balaban J connectivity index is 1.81. The van der Waals surface area contributed by atoms with E-state index in [1.807, 2.05) is 30.3 Å². The van der Waals surface area contributed by atoms with Gasteiger partial charge in [0.05, 0.1) is 16.7 Å². The molecular formula is C19H14FN3O. The molecule has 1 N–H and O–H groups in total. The molecule has 2 heterocycles. The van der Waals surface area contributed by atoms with Crippen molar-refractivity contribution in [2.45, 2.75) is 0 Å².